The van der Waals surface area contributed by atoms with Crippen molar-refractivity contribution in [1.82, 2.24) is 0 Å². The summed E-state index contributed by atoms with van der Waals surface area (Å²) >= 11 is 0. The third-order valence-corrected chi connectivity index (χ3v) is 3.39. The van der Waals surface area contributed by atoms with E-state index in [0.29, 0.717) is 11.1 Å². The van der Waals surface area contributed by atoms with E-state index >= 15 is 0 Å². The Balaban J connectivity index is 2.28. The third-order valence-electron chi connectivity index (χ3n) is 3.39. The number of hydrogen-bond acceptors (Lipinski definition) is 5. The normalized spacial score (nSPS) is 11.7. The molecule has 6 heteroatoms. The van der Waals surface area contributed by atoms with Gasteiger partial charge in [-0.2, -0.15) is 0 Å². The Labute approximate surface area is 133 Å². The summed E-state index contributed by atoms with van der Waals surface area (Å²) in [4.78, 5) is 22.4. The topological polar surface area (TPSA) is 89.7 Å². The van der Waals surface area contributed by atoms with Crippen LogP contribution in [0.15, 0.2) is 48.5 Å². The van der Waals surface area contributed by atoms with Crippen molar-refractivity contribution in [3.05, 3.63) is 75.3 Å². The quantitative estimate of drug-likeness (QED) is 0.502. The minimum absolute atomic E-state index is 0.0867. The van der Waals surface area contributed by atoms with Gasteiger partial charge in [-0.3, -0.25) is 10.1 Å². The van der Waals surface area contributed by atoms with Crippen molar-refractivity contribution in [2.45, 2.75) is 19.4 Å². The molecule has 2 aromatic carbocycles. The molecule has 6 nitrogen and oxygen atoms in total. The van der Waals surface area contributed by atoms with E-state index in [1.165, 1.54) is 18.2 Å². The molecule has 0 spiro atoms. The van der Waals surface area contributed by atoms with Crippen LogP contribution in [0, 0.1) is 10.1 Å². The van der Waals surface area contributed by atoms with Gasteiger partial charge >= 0.3 is 5.97 Å². The Morgan fingerprint density at radius 2 is 1.96 bits per heavy atom. The van der Waals surface area contributed by atoms with Crippen molar-refractivity contribution in [2.24, 2.45) is 0 Å². The summed E-state index contributed by atoms with van der Waals surface area (Å²) in [6.45, 7) is 1.86. The molecule has 0 fully saturated rings. The number of nitrogens with zero attached hydrogens (tertiary/aromatic N) is 1. The van der Waals surface area contributed by atoms with E-state index < -0.39 is 17.0 Å². The fourth-order valence-electron chi connectivity index (χ4n) is 2.25. The van der Waals surface area contributed by atoms with Crippen LogP contribution in [0.25, 0.3) is 0 Å². The van der Waals surface area contributed by atoms with Crippen molar-refractivity contribution < 1.29 is 19.6 Å². The summed E-state index contributed by atoms with van der Waals surface area (Å²) in [7, 11) is 0. The zero-order valence-corrected chi connectivity index (χ0v) is 12.6. The van der Waals surface area contributed by atoms with Crippen LogP contribution in [0.3, 0.4) is 0 Å². The van der Waals surface area contributed by atoms with Crippen LogP contribution in [-0.2, 0) is 11.2 Å². The molecule has 2 aromatic rings. The number of benzene rings is 2. The fraction of sp³-hybridized carbons (Fsp3) is 0.235. The van der Waals surface area contributed by atoms with E-state index in [1.807, 2.05) is 6.07 Å². The van der Waals surface area contributed by atoms with Crippen LogP contribution in [0.4, 0.5) is 5.69 Å². The number of nitro groups is 1. The highest BCUT2D eigenvalue weighted by Crippen LogP contribution is 2.26. The number of esters is 1. The molecule has 0 radical (unpaired) electrons. The molecule has 0 bridgehead atoms. The molecule has 120 valence electrons. The van der Waals surface area contributed by atoms with Crippen LogP contribution < -0.4 is 0 Å². The Morgan fingerprint density at radius 1 is 1.26 bits per heavy atom. The van der Waals surface area contributed by atoms with E-state index in [9.17, 15) is 20.0 Å². The Morgan fingerprint density at radius 3 is 2.57 bits per heavy atom. The van der Waals surface area contributed by atoms with Crippen LogP contribution >= 0.6 is 0 Å². The number of aliphatic hydroxyl groups excluding tert-OH is 1. The number of hydrogen-bond donors (Lipinski definition) is 1. The molecule has 0 aromatic heterocycles. The second-order valence-electron chi connectivity index (χ2n) is 4.95. The van der Waals surface area contributed by atoms with Gasteiger partial charge in [-0.1, -0.05) is 36.4 Å². The van der Waals surface area contributed by atoms with Gasteiger partial charge in [-0.25, -0.2) is 4.79 Å². The number of aliphatic hydroxyl groups is 1. The van der Waals surface area contributed by atoms with Gasteiger partial charge < -0.3 is 9.84 Å². The molecular formula is C17H17NO5. The number of carbonyl (C=O) groups excluding carboxylic acids is 1. The smallest absolute Gasteiger partial charge is 0.338 e. The van der Waals surface area contributed by atoms with E-state index in [2.05, 4.69) is 0 Å². The summed E-state index contributed by atoms with van der Waals surface area (Å²) < 4.78 is 4.84. The summed E-state index contributed by atoms with van der Waals surface area (Å²) in [5.41, 5.74) is 0.956. The first-order chi connectivity index (χ1) is 11.0. The molecule has 0 aliphatic rings. The summed E-state index contributed by atoms with van der Waals surface area (Å²) in [5.74, 6) is -0.606. The van der Waals surface area contributed by atoms with Crippen molar-refractivity contribution in [3.63, 3.8) is 0 Å². The summed E-state index contributed by atoms with van der Waals surface area (Å²) in [6, 6.07) is 13.0. The first-order valence-corrected chi connectivity index (χ1v) is 7.20. The highest BCUT2D eigenvalue weighted by molar-refractivity contribution is 5.90. The average molecular weight is 315 g/mol. The Bertz CT molecular complexity index is 699. The summed E-state index contributed by atoms with van der Waals surface area (Å²) in [5, 5.41) is 21.5. The van der Waals surface area contributed by atoms with Gasteiger partial charge in [-0.15, -0.1) is 0 Å². The number of carbonyl (C=O) groups is 1. The van der Waals surface area contributed by atoms with E-state index in [-0.39, 0.29) is 24.3 Å². The molecule has 0 aliphatic heterocycles. The minimum atomic E-state index is -0.858. The van der Waals surface area contributed by atoms with Gasteiger partial charge in [0.05, 0.1) is 23.2 Å². The van der Waals surface area contributed by atoms with Crippen molar-refractivity contribution in [3.8, 4) is 0 Å². The van der Waals surface area contributed by atoms with E-state index in [1.54, 1.807) is 31.2 Å². The number of ether oxygens (including phenoxy) is 1. The lowest BCUT2D eigenvalue weighted by molar-refractivity contribution is -0.385. The van der Waals surface area contributed by atoms with E-state index in [0.717, 1.165) is 0 Å². The van der Waals surface area contributed by atoms with Gasteiger partial charge in [0.15, 0.2) is 0 Å². The van der Waals surface area contributed by atoms with Crippen molar-refractivity contribution in [2.75, 3.05) is 6.61 Å². The second kappa shape index (κ2) is 7.51. The maximum Gasteiger partial charge on any atom is 0.338 e. The molecule has 23 heavy (non-hydrogen) atoms. The van der Waals surface area contributed by atoms with Gasteiger partial charge in [0, 0.05) is 18.1 Å². The van der Waals surface area contributed by atoms with Crippen LogP contribution in [-0.4, -0.2) is 22.6 Å². The first-order valence-electron chi connectivity index (χ1n) is 7.20. The predicted molar refractivity (Wildman–Crippen MR) is 84.2 cm³/mol. The maximum atomic E-state index is 11.7. The lowest BCUT2D eigenvalue weighted by Crippen LogP contribution is -2.08. The Kier molecular flexibility index (Phi) is 5.43. The number of rotatable bonds is 6. The molecule has 0 heterocycles. The monoisotopic (exact) mass is 315 g/mol. The second-order valence-corrected chi connectivity index (χ2v) is 4.95. The van der Waals surface area contributed by atoms with Gasteiger partial charge in [0.25, 0.3) is 5.69 Å². The molecule has 1 unspecified atom stereocenters. The molecule has 1 atom stereocenters. The molecule has 0 amide bonds. The average Bonchev–Trinajstić information content (AvgIpc) is 2.56. The molecule has 0 aliphatic carbocycles. The zero-order chi connectivity index (χ0) is 16.8. The van der Waals surface area contributed by atoms with Crippen LogP contribution in [0.1, 0.15) is 34.5 Å². The highest BCUT2D eigenvalue weighted by Gasteiger charge is 2.20. The molecule has 0 saturated carbocycles. The molecule has 2 rings (SSSR count). The molecule has 1 N–H and O–H groups in total. The number of nitro benzene ring substituents is 1. The predicted octanol–water partition coefficient (Wildman–Crippen LogP) is 3.05. The van der Waals surface area contributed by atoms with Gasteiger partial charge in [0.1, 0.15) is 0 Å². The standard InChI is InChI=1S/C17H17NO5/c1-2-23-17(20)14-9-8-13(15(10-14)18(21)22)11-16(19)12-6-4-3-5-7-12/h3-10,16,19H,2,11H2,1H3. The van der Waals surface area contributed by atoms with Crippen molar-refractivity contribution >= 4 is 11.7 Å². The summed E-state index contributed by atoms with van der Waals surface area (Å²) in [6.07, 6.45) is -0.771. The lowest BCUT2D eigenvalue weighted by Gasteiger charge is -2.12. The van der Waals surface area contributed by atoms with Crippen LogP contribution in [0.2, 0.25) is 0 Å². The largest absolute Gasteiger partial charge is 0.462 e. The highest BCUT2D eigenvalue weighted by atomic mass is 16.6. The van der Waals surface area contributed by atoms with Crippen molar-refractivity contribution in [1.29, 1.82) is 0 Å². The van der Waals surface area contributed by atoms with Gasteiger partial charge in [0.2, 0.25) is 0 Å². The third kappa shape index (κ3) is 4.14. The SMILES string of the molecule is CCOC(=O)c1ccc(CC(O)c2ccccc2)c([N+](=O)[O-])c1. The van der Waals surface area contributed by atoms with E-state index in [4.69, 9.17) is 4.74 Å². The first kappa shape index (κ1) is 16.6. The molecular weight excluding hydrogens is 298 g/mol. The molecule has 0 saturated heterocycles. The zero-order valence-electron chi connectivity index (χ0n) is 12.6. The Hall–Kier alpha value is -2.73. The minimum Gasteiger partial charge on any atom is -0.462 e. The van der Waals surface area contributed by atoms with Gasteiger partial charge in [-0.05, 0) is 18.6 Å². The fourth-order valence-corrected chi connectivity index (χ4v) is 2.25. The maximum absolute atomic E-state index is 11.7. The lowest BCUT2D eigenvalue weighted by atomic mass is 9.99. The van der Waals surface area contributed by atoms with Crippen LogP contribution in [0.5, 0.6) is 0 Å².